The van der Waals surface area contributed by atoms with Crippen molar-refractivity contribution in [2.24, 2.45) is 5.92 Å². The van der Waals surface area contributed by atoms with E-state index >= 15 is 0 Å². The highest BCUT2D eigenvalue weighted by molar-refractivity contribution is 6.04. The summed E-state index contributed by atoms with van der Waals surface area (Å²) in [6, 6.07) is 18.9. The summed E-state index contributed by atoms with van der Waals surface area (Å²) >= 11 is 0. The summed E-state index contributed by atoms with van der Waals surface area (Å²) in [5.41, 5.74) is 1.33. The molecule has 1 fully saturated rings. The Morgan fingerprint density at radius 1 is 0.929 bits per heavy atom. The maximum Gasteiger partial charge on any atom is 0.254 e. The zero-order valence-corrected chi connectivity index (χ0v) is 15.1. The average Bonchev–Trinajstić information content (AvgIpc) is 3.15. The lowest BCUT2D eigenvalue weighted by molar-refractivity contribution is -0.123. The van der Waals surface area contributed by atoms with Gasteiger partial charge >= 0.3 is 0 Å². The minimum Gasteiger partial charge on any atom is -0.454 e. The first-order valence-electron chi connectivity index (χ1n) is 9.16. The van der Waals surface area contributed by atoms with Gasteiger partial charge in [0.1, 0.15) is 0 Å². The zero-order valence-electron chi connectivity index (χ0n) is 15.1. The van der Waals surface area contributed by atoms with Crippen LogP contribution in [-0.2, 0) is 4.79 Å². The third-order valence-electron chi connectivity index (χ3n) is 5.21. The Morgan fingerprint density at radius 2 is 1.71 bits per heavy atom. The van der Waals surface area contributed by atoms with Gasteiger partial charge in [-0.05, 0) is 29.7 Å². The summed E-state index contributed by atoms with van der Waals surface area (Å²) in [6.07, 6.45) is 0. The topological polar surface area (TPSA) is 67.9 Å². The number of carbonyl (C=O) groups excluding carboxylic acids is 2. The van der Waals surface area contributed by atoms with Gasteiger partial charge in [-0.15, -0.1) is 0 Å². The van der Waals surface area contributed by atoms with Gasteiger partial charge < -0.3 is 19.7 Å². The third kappa shape index (κ3) is 2.83. The van der Waals surface area contributed by atoms with E-state index in [1.165, 1.54) is 0 Å². The quantitative estimate of drug-likeness (QED) is 0.764. The number of rotatable bonds is 3. The van der Waals surface area contributed by atoms with E-state index in [-0.39, 0.29) is 24.5 Å². The lowest BCUT2D eigenvalue weighted by Gasteiger charge is -2.38. The van der Waals surface area contributed by atoms with Gasteiger partial charge in [-0.3, -0.25) is 9.59 Å². The van der Waals surface area contributed by atoms with Crippen LogP contribution in [0.2, 0.25) is 0 Å². The van der Waals surface area contributed by atoms with Crippen molar-refractivity contribution in [1.82, 2.24) is 4.90 Å². The molecule has 0 spiro atoms. The van der Waals surface area contributed by atoms with Gasteiger partial charge in [0.15, 0.2) is 11.5 Å². The molecular weight excluding hydrogens is 356 g/mol. The maximum absolute atomic E-state index is 12.6. The molecule has 6 heteroatoms. The highest BCUT2D eigenvalue weighted by Gasteiger charge is 2.36. The number of fused-ring (bicyclic) bond motifs is 2. The lowest BCUT2D eigenvalue weighted by Crippen LogP contribution is -2.54. The molecule has 28 heavy (non-hydrogen) atoms. The summed E-state index contributed by atoms with van der Waals surface area (Å²) in [7, 11) is 0. The number of carbonyl (C=O) groups is 2. The van der Waals surface area contributed by atoms with Crippen LogP contribution >= 0.6 is 0 Å². The molecular formula is C22H18N2O4. The largest absolute Gasteiger partial charge is 0.454 e. The lowest BCUT2D eigenvalue weighted by atomic mass is 9.97. The Hall–Kier alpha value is -3.54. The number of nitrogens with zero attached hydrogens (tertiary/aromatic N) is 1. The first-order valence-corrected chi connectivity index (χ1v) is 9.16. The number of hydrogen-bond donors (Lipinski definition) is 1. The molecule has 1 saturated heterocycles. The number of ether oxygens (including phenoxy) is 2. The molecule has 2 amide bonds. The molecule has 0 aromatic heterocycles. The predicted octanol–water partition coefficient (Wildman–Crippen LogP) is 3.28. The molecule has 0 atom stereocenters. The molecule has 0 aliphatic carbocycles. The van der Waals surface area contributed by atoms with E-state index in [4.69, 9.17) is 9.47 Å². The maximum atomic E-state index is 12.6. The molecule has 0 saturated carbocycles. The van der Waals surface area contributed by atoms with Crippen LogP contribution in [0.1, 0.15) is 10.4 Å². The van der Waals surface area contributed by atoms with E-state index in [0.717, 1.165) is 16.5 Å². The van der Waals surface area contributed by atoms with Crippen LogP contribution in [0.3, 0.4) is 0 Å². The Kier molecular flexibility index (Phi) is 3.90. The highest BCUT2D eigenvalue weighted by atomic mass is 16.7. The van der Waals surface area contributed by atoms with E-state index < -0.39 is 0 Å². The number of nitrogens with one attached hydrogen (secondary N) is 1. The van der Waals surface area contributed by atoms with Crippen molar-refractivity contribution in [2.75, 3.05) is 25.2 Å². The van der Waals surface area contributed by atoms with Crippen molar-refractivity contribution in [2.45, 2.75) is 0 Å². The van der Waals surface area contributed by atoms with Gasteiger partial charge in [0, 0.05) is 29.7 Å². The number of benzene rings is 3. The second-order valence-corrected chi connectivity index (χ2v) is 6.99. The van der Waals surface area contributed by atoms with Crippen LogP contribution in [0, 0.1) is 5.92 Å². The van der Waals surface area contributed by atoms with Crippen LogP contribution in [0.25, 0.3) is 10.8 Å². The number of likely N-dealkylation sites (tertiary alicyclic amines) is 1. The molecule has 0 bridgehead atoms. The number of anilines is 1. The molecule has 3 aromatic rings. The van der Waals surface area contributed by atoms with E-state index in [9.17, 15) is 9.59 Å². The van der Waals surface area contributed by atoms with Gasteiger partial charge in [0.25, 0.3) is 5.91 Å². The first-order chi connectivity index (χ1) is 13.7. The highest BCUT2D eigenvalue weighted by Crippen LogP contribution is 2.33. The van der Waals surface area contributed by atoms with Crippen molar-refractivity contribution in [3.8, 4) is 11.5 Å². The first kappa shape index (κ1) is 16.6. The van der Waals surface area contributed by atoms with Gasteiger partial charge in [0.05, 0.1) is 5.92 Å². The fourth-order valence-corrected chi connectivity index (χ4v) is 3.59. The van der Waals surface area contributed by atoms with E-state index in [2.05, 4.69) is 5.32 Å². The summed E-state index contributed by atoms with van der Waals surface area (Å²) in [6.45, 7) is 0.987. The molecule has 3 aromatic carbocycles. The fourth-order valence-electron chi connectivity index (χ4n) is 3.59. The molecule has 2 aliphatic heterocycles. The second-order valence-electron chi connectivity index (χ2n) is 6.99. The molecule has 2 aliphatic rings. The van der Waals surface area contributed by atoms with Crippen LogP contribution in [0.15, 0.2) is 60.7 Å². The Morgan fingerprint density at radius 3 is 2.61 bits per heavy atom. The minimum atomic E-state index is -0.211. The van der Waals surface area contributed by atoms with Crippen LogP contribution in [0.5, 0.6) is 11.5 Å². The summed E-state index contributed by atoms with van der Waals surface area (Å²) in [4.78, 5) is 26.9. The third-order valence-corrected chi connectivity index (χ3v) is 5.21. The van der Waals surface area contributed by atoms with Crippen molar-refractivity contribution < 1.29 is 19.1 Å². The van der Waals surface area contributed by atoms with Crippen LogP contribution in [-0.4, -0.2) is 36.6 Å². The molecule has 0 unspecified atom stereocenters. The SMILES string of the molecule is O=C(Nc1cccc2ccccc12)C1CN(C(=O)c2ccc3c(c2)OCO3)C1. The molecule has 5 rings (SSSR count). The van der Waals surface area contributed by atoms with Gasteiger partial charge in [-0.25, -0.2) is 0 Å². The van der Waals surface area contributed by atoms with Gasteiger partial charge in [-0.2, -0.15) is 0 Å². The smallest absolute Gasteiger partial charge is 0.254 e. The minimum absolute atomic E-state index is 0.0638. The van der Waals surface area contributed by atoms with E-state index in [0.29, 0.717) is 30.2 Å². The van der Waals surface area contributed by atoms with E-state index in [1.807, 2.05) is 42.5 Å². The molecule has 0 radical (unpaired) electrons. The molecule has 1 N–H and O–H groups in total. The average molecular weight is 374 g/mol. The fraction of sp³-hybridized carbons (Fsp3) is 0.182. The zero-order chi connectivity index (χ0) is 19.1. The summed E-state index contributed by atoms with van der Waals surface area (Å²) in [5.74, 6) is 0.847. The van der Waals surface area contributed by atoms with Crippen molar-refractivity contribution >= 4 is 28.3 Å². The predicted molar refractivity (Wildman–Crippen MR) is 105 cm³/mol. The summed E-state index contributed by atoms with van der Waals surface area (Å²) < 4.78 is 10.6. The van der Waals surface area contributed by atoms with E-state index in [1.54, 1.807) is 23.1 Å². The van der Waals surface area contributed by atoms with Gasteiger partial charge in [-0.1, -0.05) is 36.4 Å². The molecule has 2 heterocycles. The van der Waals surface area contributed by atoms with Crippen LogP contribution in [0.4, 0.5) is 5.69 Å². The van der Waals surface area contributed by atoms with Gasteiger partial charge in [0.2, 0.25) is 12.7 Å². The summed E-state index contributed by atoms with van der Waals surface area (Å²) in [5, 5.41) is 5.09. The van der Waals surface area contributed by atoms with Crippen LogP contribution < -0.4 is 14.8 Å². The molecule has 6 nitrogen and oxygen atoms in total. The Bertz CT molecular complexity index is 1080. The normalized spacial score (nSPS) is 15.4. The standard InChI is InChI=1S/C22H18N2O4/c25-21(23-18-7-3-5-14-4-1-2-6-17(14)18)16-11-24(12-16)22(26)15-8-9-19-20(10-15)28-13-27-19/h1-10,16H,11-13H2,(H,23,25). The Labute approximate surface area is 161 Å². The van der Waals surface area contributed by atoms with Crippen molar-refractivity contribution in [3.05, 3.63) is 66.2 Å². The van der Waals surface area contributed by atoms with Crippen molar-refractivity contribution in [3.63, 3.8) is 0 Å². The second kappa shape index (κ2) is 6.56. The van der Waals surface area contributed by atoms with Crippen molar-refractivity contribution in [1.29, 1.82) is 0 Å². The molecule has 140 valence electrons. The monoisotopic (exact) mass is 374 g/mol. The number of amides is 2. The Balaban J connectivity index is 1.24. The number of hydrogen-bond acceptors (Lipinski definition) is 4.